The highest BCUT2D eigenvalue weighted by atomic mass is 16.6. The van der Waals surface area contributed by atoms with Crippen molar-refractivity contribution in [1.82, 2.24) is 4.98 Å². The Bertz CT molecular complexity index is 1460. The Labute approximate surface area is 208 Å². The lowest BCUT2D eigenvalue weighted by atomic mass is 9.68. The van der Waals surface area contributed by atoms with E-state index in [-0.39, 0.29) is 17.4 Å². The molecule has 0 bridgehead atoms. The number of phenols is 1. The zero-order valence-corrected chi connectivity index (χ0v) is 21.2. The van der Waals surface area contributed by atoms with Crippen LogP contribution in [-0.2, 0) is 19.1 Å². The summed E-state index contributed by atoms with van der Waals surface area (Å²) in [5.41, 5.74) is 2.16. The van der Waals surface area contributed by atoms with Gasteiger partial charge < -0.3 is 24.1 Å². The number of para-hydroxylation sites is 1. The molecule has 5 rings (SSSR count). The lowest BCUT2D eigenvalue weighted by Gasteiger charge is -2.46. The molecule has 1 unspecified atom stereocenters. The van der Waals surface area contributed by atoms with Gasteiger partial charge in [-0.15, -0.1) is 0 Å². The highest BCUT2D eigenvalue weighted by molar-refractivity contribution is 6.01. The van der Waals surface area contributed by atoms with Crippen LogP contribution >= 0.6 is 0 Å². The number of methoxy groups -OCH3 is 1. The molecular weight excluding hydrogens is 462 g/mol. The molecule has 0 saturated heterocycles. The maximum atomic E-state index is 12.2. The van der Waals surface area contributed by atoms with Crippen LogP contribution in [0.4, 0.5) is 0 Å². The minimum absolute atomic E-state index is 0.0508. The number of hydrogen-bond donors (Lipinski definition) is 1. The fraction of sp³-hybridized carbons (Fsp3) is 0.393. The number of phenolic OH excluding ortho intramolecular Hbond substituents is 1. The second-order valence-corrected chi connectivity index (χ2v) is 10.1. The van der Waals surface area contributed by atoms with E-state index < -0.39 is 29.6 Å². The Morgan fingerprint density at radius 2 is 1.83 bits per heavy atom. The normalized spacial score (nSPS) is 22.4. The summed E-state index contributed by atoms with van der Waals surface area (Å²) in [6.45, 7) is 8.53. The van der Waals surface area contributed by atoms with Gasteiger partial charge in [0.1, 0.15) is 11.9 Å². The van der Waals surface area contributed by atoms with Crippen molar-refractivity contribution in [2.45, 2.75) is 59.2 Å². The van der Waals surface area contributed by atoms with E-state index in [1.165, 1.54) is 21.0 Å². The topological polar surface area (TPSA) is 104 Å². The number of carbonyl (C=O) groups is 2. The fourth-order valence-electron chi connectivity index (χ4n) is 5.57. The Kier molecular flexibility index (Phi) is 5.58. The van der Waals surface area contributed by atoms with Crippen molar-refractivity contribution >= 4 is 33.7 Å². The molecule has 2 aromatic carbocycles. The zero-order chi connectivity index (χ0) is 25.9. The van der Waals surface area contributed by atoms with E-state index in [0.717, 1.165) is 10.9 Å². The minimum Gasteiger partial charge on any atom is -0.504 e. The van der Waals surface area contributed by atoms with Crippen LogP contribution in [0.3, 0.4) is 0 Å². The monoisotopic (exact) mass is 491 g/mol. The third-order valence-electron chi connectivity index (χ3n) is 7.10. The Balaban J connectivity index is 1.79. The van der Waals surface area contributed by atoms with Gasteiger partial charge in [-0.1, -0.05) is 39.0 Å². The number of rotatable bonds is 3. The molecule has 36 heavy (non-hydrogen) atoms. The standard InChI is InChI=1S/C28H29NO7/c1-13-20-19(12-28(4,5)27(35-15(3)31)25(20)34-14(2)30)36-24-21(13)22-17(23(32)26(24)33-6)11-16-9-7-8-10-18(16)29-22/h7-11,13,25,27,32H,12H2,1-6H3/t13?,25-,27-/m0/s1. The summed E-state index contributed by atoms with van der Waals surface area (Å²) in [6.07, 6.45) is -1.12. The number of carbonyl (C=O) groups excluding carboxylic acids is 2. The minimum atomic E-state index is -0.844. The van der Waals surface area contributed by atoms with E-state index in [1.54, 1.807) is 0 Å². The number of pyridine rings is 1. The van der Waals surface area contributed by atoms with E-state index in [9.17, 15) is 14.7 Å². The number of esters is 2. The van der Waals surface area contributed by atoms with Crippen molar-refractivity contribution in [1.29, 1.82) is 0 Å². The van der Waals surface area contributed by atoms with Crippen molar-refractivity contribution in [3.63, 3.8) is 0 Å². The lowest BCUT2D eigenvalue weighted by Crippen LogP contribution is -2.51. The van der Waals surface area contributed by atoms with Crippen LogP contribution in [0.2, 0.25) is 0 Å². The van der Waals surface area contributed by atoms with Gasteiger partial charge in [0, 0.05) is 53.5 Å². The van der Waals surface area contributed by atoms with Gasteiger partial charge in [-0.2, -0.15) is 0 Å². The lowest BCUT2D eigenvalue weighted by molar-refractivity contribution is -0.174. The largest absolute Gasteiger partial charge is 0.504 e. The molecule has 0 spiro atoms. The van der Waals surface area contributed by atoms with Crippen molar-refractivity contribution in [3.8, 4) is 17.2 Å². The molecule has 3 atom stereocenters. The van der Waals surface area contributed by atoms with Gasteiger partial charge in [-0.3, -0.25) is 9.59 Å². The van der Waals surface area contributed by atoms with Gasteiger partial charge in [0.2, 0.25) is 5.75 Å². The Morgan fingerprint density at radius 3 is 2.50 bits per heavy atom. The first-order chi connectivity index (χ1) is 17.0. The van der Waals surface area contributed by atoms with Crippen LogP contribution < -0.4 is 9.47 Å². The van der Waals surface area contributed by atoms with Gasteiger partial charge in [-0.05, 0) is 12.1 Å². The number of ether oxygens (including phenoxy) is 4. The van der Waals surface area contributed by atoms with E-state index >= 15 is 0 Å². The van der Waals surface area contributed by atoms with Gasteiger partial charge >= 0.3 is 11.9 Å². The van der Waals surface area contributed by atoms with Crippen molar-refractivity contribution in [2.24, 2.45) is 5.41 Å². The van der Waals surface area contributed by atoms with E-state index in [0.29, 0.717) is 40.0 Å². The highest BCUT2D eigenvalue weighted by Crippen LogP contribution is 2.57. The van der Waals surface area contributed by atoms with Gasteiger partial charge in [0.15, 0.2) is 17.6 Å². The number of aromatic hydroxyl groups is 1. The summed E-state index contributed by atoms with van der Waals surface area (Å²) >= 11 is 0. The maximum Gasteiger partial charge on any atom is 0.303 e. The average Bonchev–Trinajstić information content (AvgIpc) is 2.79. The number of allylic oxidation sites excluding steroid dienone is 1. The summed E-state index contributed by atoms with van der Waals surface area (Å²) in [7, 11) is 1.48. The maximum absolute atomic E-state index is 12.2. The van der Waals surface area contributed by atoms with Gasteiger partial charge in [-0.25, -0.2) is 4.98 Å². The molecule has 2 aliphatic rings. The van der Waals surface area contributed by atoms with Gasteiger partial charge in [0.05, 0.1) is 18.1 Å². The van der Waals surface area contributed by atoms with Crippen LogP contribution in [-0.4, -0.2) is 41.3 Å². The van der Waals surface area contributed by atoms with Crippen LogP contribution in [0, 0.1) is 5.41 Å². The summed E-state index contributed by atoms with van der Waals surface area (Å²) in [5, 5.41) is 12.6. The molecule has 188 valence electrons. The smallest absolute Gasteiger partial charge is 0.303 e. The average molecular weight is 492 g/mol. The number of fused-ring (bicyclic) bond motifs is 4. The molecule has 0 amide bonds. The number of benzene rings is 2. The molecule has 0 saturated carbocycles. The fourth-order valence-corrected chi connectivity index (χ4v) is 5.57. The molecule has 1 aliphatic heterocycles. The van der Waals surface area contributed by atoms with E-state index in [2.05, 4.69) is 0 Å². The summed E-state index contributed by atoms with van der Waals surface area (Å²) < 4.78 is 23.6. The first-order valence-electron chi connectivity index (χ1n) is 11.9. The molecule has 0 fully saturated rings. The van der Waals surface area contributed by atoms with Gasteiger partial charge in [0.25, 0.3) is 0 Å². The van der Waals surface area contributed by atoms with Crippen LogP contribution in [0.1, 0.15) is 52.5 Å². The molecule has 0 radical (unpaired) electrons. The third-order valence-corrected chi connectivity index (χ3v) is 7.10. The van der Waals surface area contributed by atoms with Crippen molar-refractivity contribution < 1.29 is 33.6 Å². The Hall–Kier alpha value is -3.81. The summed E-state index contributed by atoms with van der Waals surface area (Å²) in [5.74, 6) is -0.122. The number of hydrogen-bond acceptors (Lipinski definition) is 8. The molecule has 2 heterocycles. The molecule has 1 aliphatic carbocycles. The zero-order valence-electron chi connectivity index (χ0n) is 21.2. The second kappa shape index (κ2) is 8.40. The van der Waals surface area contributed by atoms with Crippen molar-refractivity contribution in [2.75, 3.05) is 7.11 Å². The quantitative estimate of drug-likeness (QED) is 0.396. The van der Waals surface area contributed by atoms with Crippen LogP contribution in [0.25, 0.3) is 21.8 Å². The number of nitrogens with zero attached hydrogens (tertiary/aromatic N) is 1. The third kappa shape index (κ3) is 3.63. The predicted octanol–water partition coefficient (Wildman–Crippen LogP) is 5.15. The highest BCUT2D eigenvalue weighted by Gasteiger charge is 2.52. The second-order valence-electron chi connectivity index (χ2n) is 10.1. The first-order valence-corrected chi connectivity index (χ1v) is 11.9. The summed E-state index contributed by atoms with van der Waals surface area (Å²) in [4.78, 5) is 29.1. The van der Waals surface area contributed by atoms with Crippen LogP contribution in [0.15, 0.2) is 41.7 Å². The van der Waals surface area contributed by atoms with E-state index in [4.69, 9.17) is 23.9 Å². The van der Waals surface area contributed by atoms with E-state index in [1.807, 2.05) is 51.1 Å². The molecule has 3 aromatic rings. The molecule has 8 heteroatoms. The first kappa shape index (κ1) is 23.9. The number of aromatic nitrogens is 1. The predicted molar refractivity (Wildman–Crippen MR) is 133 cm³/mol. The molecule has 1 N–H and O–H groups in total. The molecular formula is C28H29NO7. The SMILES string of the molecule is COc1c2c(c3nc4ccccc4cc3c1O)C(C)C1=C(CC(C)(C)[C@@H](OC(C)=O)[C@H]1OC(C)=O)O2. The summed E-state index contributed by atoms with van der Waals surface area (Å²) in [6, 6.07) is 9.52. The van der Waals surface area contributed by atoms with Crippen molar-refractivity contribution in [3.05, 3.63) is 47.2 Å². The molecule has 8 nitrogen and oxygen atoms in total. The van der Waals surface area contributed by atoms with Crippen LogP contribution in [0.5, 0.6) is 17.2 Å². The molecule has 1 aromatic heterocycles. The Morgan fingerprint density at radius 1 is 1.14 bits per heavy atom.